The number of hydrogen-bond acceptors (Lipinski definition) is 4. The topological polar surface area (TPSA) is 61.8 Å². The lowest BCUT2D eigenvalue weighted by molar-refractivity contribution is 0.131. The smallest absolute Gasteiger partial charge is 0.191 e. The second-order valence-electron chi connectivity index (χ2n) is 6.87. The fraction of sp³-hybridized carbons (Fsp3) is 0.684. The monoisotopic (exact) mass is 473 g/mol. The maximum Gasteiger partial charge on any atom is 0.191 e. The van der Waals surface area contributed by atoms with Gasteiger partial charge < -0.3 is 20.3 Å². The van der Waals surface area contributed by atoms with E-state index in [0.29, 0.717) is 12.6 Å². The Bertz CT molecular complexity index is 530. The normalized spacial score (nSPS) is 18.3. The van der Waals surface area contributed by atoms with Gasteiger partial charge in [-0.2, -0.15) is 0 Å². The summed E-state index contributed by atoms with van der Waals surface area (Å²) in [6.45, 7) is 7.37. The lowest BCUT2D eigenvalue weighted by Gasteiger charge is -2.33. The molecule has 0 amide bonds. The summed E-state index contributed by atoms with van der Waals surface area (Å²) in [5, 5.41) is 6.92. The third-order valence-corrected chi connectivity index (χ3v) is 4.71. The lowest BCUT2D eigenvalue weighted by Crippen LogP contribution is -2.49. The van der Waals surface area contributed by atoms with Crippen molar-refractivity contribution in [3.63, 3.8) is 0 Å². The van der Waals surface area contributed by atoms with Crippen molar-refractivity contribution in [2.75, 3.05) is 44.3 Å². The van der Waals surface area contributed by atoms with Gasteiger partial charge in [-0.15, -0.1) is 24.0 Å². The van der Waals surface area contributed by atoms with Crippen molar-refractivity contribution in [1.29, 1.82) is 0 Å². The number of guanidine groups is 1. The zero-order chi connectivity index (χ0) is 17.3. The Morgan fingerprint density at radius 1 is 1.27 bits per heavy atom. The average molecular weight is 473 g/mol. The van der Waals surface area contributed by atoms with Gasteiger partial charge in [0.2, 0.25) is 0 Å². The molecular formula is C19H32IN5O. The number of aromatic nitrogens is 1. The molecule has 26 heavy (non-hydrogen) atoms. The molecule has 0 spiro atoms. The van der Waals surface area contributed by atoms with Crippen molar-refractivity contribution in [3.8, 4) is 0 Å². The van der Waals surface area contributed by atoms with Gasteiger partial charge in [-0.3, -0.25) is 4.99 Å². The van der Waals surface area contributed by atoms with E-state index in [4.69, 9.17) is 4.74 Å². The molecule has 1 aliphatic heterocycles. The fourth-order valence-corrected chi connectivity index (χ4v) is 3.06. The van der Waals surface area contributed by atoms with Crippen LogP contribution in [-0.2, 0) is 4.74 Å². The van der Waals surface area contributed by atoms with Gasteiger partial charge in [-0.1, -0.05) is 6.07 Å². The summed E-state index contributed by atoms with van der Waals surface area (Å²) in [5.74, 6) is 2.81. The van der Waals surface area contributed by atoms with Crippen LogP contribution in [0.1, 0.15) is 32.6 Å². The molecular weight excluding hydrogens is 441 g/mol. The van der Waals surface area contributed by atoms with Gasteiger partial charge in [0.05, 0.1) is 13.2 Å². The molecule has 0 radical (unpaired) electrons. The third-order valence-electron chi connectivity index (χ3n) is 4.71. The molecule has 1 saturated carbocycles. The molecule has 1 aliphatic carbocycles. The molecule has 0 bridgehead atoms. The molecule has 2 N–H and O–H groups in total. The van der Waals surface area contributed by atoms with E-state index in [1.807, 2.05) is 18.3 Å². The predicted octanol–water partition coefficient (Wildman–Crippen LogP) is 2.65. The molecule has 0 atom stereocenters. The minimum atomic E-state index is 0. The lowest BCUT2D eigenvalue weighted by atomic mass is 10.1. The Hall–Kier alpha value is -1.09. The molecule has 1 aromatic heterocycles. The number of nitrogens with one attached hydrogen (secondary N) is 2. The first kappa shape index (κ1) is 21.2. The van der Waals surface area contributed by atoms with E-state index in [2.05, 4.69) is 38.5 Å². The van der Waals surface area contributed by atoms with Gasteiger partial charge in [0, 0.05) is 38.5 Å². The highest BCUT2D eigenvalue weighted by Crippen LogP contribution is 2.28. The summed E-state index contributed by atoms with van der Waals surface area (Å²) in [6.07, 6.45) is 6.73. The van der Waals surface area contributed by atoms with Crippen LogP contribution in [0.2, 0.25) is 0 Å². The average Bonchev–Trinajstić information content (AvgIpc) is 3.47. The van der Waals surface area contributed by atoms with Crippen molar-refractivity contribution in [1.82, 2.24) is 15.6 Å². The molecule has 7 heteroatoms. The van der Waals surface area contributed by atoms with Crippen LogP contribution in [0.3, 0.4) is 0 Å². The number of rotatable bonds is 8. The number of piperidine rings is 1. The van der Waals surface area contributed by atoms with Crippen molar-refractivity contribution in [2.24, 2.45) is 10.9 Å². The number of anilines is 1. The summed E-state index contributed by atoms with van der Waals surface area (Å²) in [7, 11) is 0. The third kappa shape index (κ3) is 7.26. The standard InChI is InChI=1S/C19H31N5O.HI/c1-2-20-19(22-11-14-25-15-16-6-7-16)23-17-8-12-24(13-9-17)18-5-3-4-10-21-18;/h3-5,10,16-17H,2,6-9,11-15H2,1H3,(H2,20,22,23);1H. The van der Waals surface area contributed by atoms with Crippen LogP contribution in [0.15, 0.2) is 29.4 Å². The van der Waals surface area contributed by atoms with E-state index in [1.165, 1.54) is 12.8 Å². The van der Waals surface area contributed by atoms with Crippen molar-refractivity contribution in [2.45, 2.75) is 38.6 Å². The first-order chi connectivity index (χ1) is 12.3. The number of aliphatic imine (C=N–C) groups is 1. The Labute approximate surface area is 174 Å². The summed E-state index contributed by atoms with van der Waals surface area (Å²) >= 11 is 0. The van der Waals surface area contributed by atoms with Gasteiger partial charge in [-0.25, -0.2) is 4.98 Å². The molecule has 0 unspecified atom stereocenters. The zero-order valence-corrected chi connectivity index (χ0v) is 18.0. The Kier molecular flexibility index (Phi) is 9.45. The van der Waals surface area contributed by atoms with Crippen LogP contribution in [0.5, 0.6) is 0 Å². The molecule has 1 saturated heterocycles. The van der Waals surface area contributed by atoms with Crippen molar-refractivity contribution in [3.05, 3.63) is 24.4 Å². The first-order valence-electron chi connectivity index (χ1n) is 9.63. The Balaban J connectivity index is 0.00000243. The second kappa shape index (κ2) is 11.6. The summed E-state index contributed by atoms with van der Waals surface area (Å²) < 4.78 is 5.66. The fourth-order valence-electron chi connectivity index (χ4n) is 3.06. The number of ether oxygens (including phenoxy) is 1. The van der Waals surface area contributed by atoms with Crippen LogP contribution in [-0.4, -0.2) is 56.4 Å². The molecule has 1 aromatic rings. The van der Waals surface area contributed by atoms with Crippen molar-refractivity contribution < 1.29 is 4.74 Å². The van der Waals surface area contributed by atoms with E-state index in [9.17, 15) is 0 Å². The molecule has 2 aliphatic rings. The summed E-state index contributed by atoms with van der Waals surface area (Å²) in [5.41, 5.74) is 0. The summed E-state index contributed by atoms with van der Waals surface area (Å²) in [6, 6.07) is 6.56. The van der Waals surface area contributed by atoms with Crippen LogP contribution in [0.25, 0.3) is 0 Å². The van der Waals surface area contributed by atoms with Crippen LogP contribution >= 0.6 is 24.0 Å². The second-order valence-corrected chi connectivity index (χ2v) is 6.87. The van der Waals surface area contributed by atoms with E-state index < -0.39 is 0 Å². The number of hydrogen-bond donors (Lipinski definition) is 2. The van der Waals surface area contributed by atoms with E-state index in [-0.39, 0.29) is 24.0 Å². The predicted molar refractivity (Wildman–Crippen MR) is 118 cm³/mol. The van der Waals surface area contributed by atoms with Gasteiger partial charge in [-0.05, 0) is 50.7 Å². The van der Waals surface area contributed by atoms with Gasteiger partial charge in [0.15, 0.2) is 5.96 Å². The molecule has 146 valence electrons. The maximum atomic E-state index is 5.66. The number of halogens is 1. The van der Waals surface area contributed by atoms with E-state index in [1.54, 1.807) is 0 Å². The molecule has 2 heterocycles. The zero-order valence-electron chi connectivity index (χ0n) is 15.7. The van der Waals surface area contributed by atoms with E-state index >= 15 is 0 Å². The SMILES string of the molecule is CCNC(=NCCOCC1CC1)NC1CCN(c2ccccn2)CC1.I. The largest absolute Gasteiger partial charge is 0.379 e. The number of pyridine rings is 1. The number of nitrogens with zero attached hydrogens (tertiary/aromatic N) is 3. The van der Waals surface area contributed by atoms with Gasteiger partial charge in [0.25, 0.3) is 0 Å². The van der Waals surface area contributed by atoms with Crippen molar-refractivity contribution >= 4 is 35.8 Å². The van der Waals surface area contributed by atoms with Crippen LogP contribution < -0.4 is 15.5 Å². The minimum absolute atomic E-state index is 0. The quantitative estimate of drug-likeness (QED) is 0.263. The Morgan fingerprint density at radius 3 is 2.73 bits per heavy atom. The Morgan fingerprint density at radius 2 is 2.08 bits per heavy atom. The summed E-state index contributed by atoms with van der Waals surface area (Å²) in [4.78, 5) is 11.4. The molecule has 2 fully saturated rings. The first-order valence-corrected chi connectivity index (χ1v) is 9.63. The molecule has 6 nitrogen and oxygen atoms in total. The highest BCUT2D eigenvalue weighted by molar-refractivity contribution is 14.0. The minimum Gasteiger partial charge on any atom is -0.379 e. The van der Waals surface area contributed by atoms with Crippen LogP contribution in [0.4, 0.5) is 5.82 Å². The van der Waals surface area contributed by atoms with Gasteiger partial charge >= 0.3 is 0 Å². The highest BCUT2D eigenvalue weighted by atomic mass is 127. The highest BCUT2D eigenvalue weighted by Gasteiger charge is 2.21. The van der Waals surface area contributed by atoms with E-state index in [0.717, 1.165) is 63.3 Å². The molecule has 3 rings (SSSR count). The molecule has 0 aromatic carbocycles. The van der Waals surface area contributed by atoms with Gasteiger partial charge in [0.1, 0.15) is 5.82 Å². The van der Waals surface area contributed by atoms with Crippen LogP contribution in [0, 0.1) is 5.92 Å². The maximum absolute atomic E-state index is 5.66.